The zero-order valence-electron chi connectivity index (χ0n) is 11.3. The van der Waals surface area contributed by atoms with E-state index in [9.17, 15) is 0 Å². The van der Waals surface area contributed by atoms with Crippen molar-refractivity contribution in [2.45, 2.75) is 42.1 Å². The molecule has 18 heavy (non-hydrogen) atoms. The average molecular weight is 282 g/mol. The summed E-state index contributed by atoms with van der Waals surface area (Å²) in [6.45, 7) is 4.70. The lowest BCUT2D eigenvalue weighted by Gasteiger charge is -2.36. The maximum Gasteiger partial charge on any atom is 0.0298 e. The molecule has 1 fully saturated rings. The van der Waals surface area contributed by atoms with Crippen LogP contribution in [0.3, 0.4) is 0 Å². The summed E-state index contributed by atoms with van der Waals surface area (Å²) in [5, 5.41) is 5.74. The molecular weight excluding hydrogens is 260 g/mol. The van der Waals surface area contributed by atoms with Crippen LogP contribution in [0.25, 0.3) is 0 Å². The van der Waals surface area contributed by atoms with Gasteiger partial charge in [0.15, 0.2) is 0 Å². The van der Waals surface area contributed by atoms with Crippen LogP contribution in [0.15, 0.2) is 24.5 Å². The van der Waals surface area contributed by atoms with Gasteiger partial charge in [-0.15, -0.1) is 0 Å². The summed E-state index contributed by atoms with van der Waals surface area (Å²) in [6.07, 6.45) is 4.86. The molecule has 2 heterocycles. The van der Waals surface area contributed by atoms with Crippen LogP contribution < -0.4 is 5.32 Å². The quantitative estimate of drug-likeness (QED) is 0.918. The Morgan fingerprint density at radius 1 is 1.33 bits per heavy atom. The zero-order valence-corrected chi connectivity index (χ0v) is 12.9. The number of hydrogen-bond donors (Lipinski definition) is 1. The van der Waals surface area contributed by atoms with Gasteiger partial charge in [-0.25, -0.2) is 0 Å². The highest BCUT2D eigenvalue weighted by Gasteiger charge is 2.30. The average Bonchev–Trinajstić information content (AvgIpc) is 2.40. The lowest BCUT2D eigenvalue weighted by Crippen LogP contribution is -2.43. The number of thioether (sulfide) groups is 2. The topological polar surface area (TPSA) is 24.9 Å². The molecule has 1 N–H and O–H groups in total. The number of rotatable bonds is 4. The Morgan fingerprint density at radius 3 is 2.67 bits per heavy atom. The first-order valence-corrected chi connectivity index (χ1v) is 8.53. The first-order valence-electron chi connectivity index (χ1n) is 6.54. The van der Waals surface area contributed by atoms with Gasteiger partial charge in [-0.3, -0.25) is 4.98 Å². The molecule has 4 unspecified atom stereocenters. The number of likely N-dealkylation sites (N-methyl/N-ethyl adjacent to an activating group) is 1. The van der Waals surface area contributed by atoms with E-state index < -0.39 is 0 Å². The zero-order chi connectivity index (χ0) is 13.0. The second-order valence-electron chi connectivity index (χ2n) is 4.87. The molecule has 2 nitrogen and oxygen atoms in total. The summed E-state index contributed by atoms with van der Waals surface area (Å²) in [7, 11) is 2.08. The monoisotopic (exact) mass is 282 g/mol. The molecule has 0 spiro atoms. The smallest absolute Gasteiger partial charge is 0.0298 e. The van der Waals surface area contributed by atoms with Crippen LogP contribution in [0.5, 0.6) is 0 Å². The molecule has 2 rings (SSSR count). The molecular formula is C14H22N2S2. The molecule has 1 aromatic heterocycles. The summed E-state index contributed by atoms with van der Waals surface area (Å²) in [4.78, 5) is 4.08. The lowest BCUT2D eigenvalue weighted by atomic mass is 10.1. The van der Waals surface area contributed by atoms with Crippen LogP contribution in [0.1, 0.15) is 19.4 Å². The minimum Gasteiger partial charge on any atom is -0.316 e. The summed E-state index contributed by atoms with van der Waals surface area (Å²) >= 11 is 4.26. The van der Waals surface area contributed by atoms with E-state index in [4.69, 9.17) is 0 Å². The first kappa shape index (κ1) is 14.2. The minimum atomic E-state index is 0.555. The Labute approximate surface area is 119 Å². The largest absolute Gasteiger partial charge is 0.316 e. The predicted molar refractivity (Wildman–Crippen MR) is 83.5 cm³/mol. The molecule has 0 bridgehead atoms. The highest BCUT2D eigenvalue weighted by atomic mass is 32.2. The van der Waals surface area contributed by atoms with Crippen molar-refractivity contribution in [3.63, 3.8) is 0 Å². The minimum absolute atomic E-state index is 0.555. The van der Waals surface area contributed by atoms with E-state index in [0.29, 0.717) is 11.3 Å². The fraction of sp³-hybridized carbons (Fsp3) is 0.643. The Hall–Kier alpha value is -0.190. The third kappa shape index (κ3) is 3.65. The van der Waals surface area contributed by atoms with Gasteiger partial charge in [0.25, 0.3) is 0 Å². The Balaban J connectivity index is 1.97. The predicted octanol–water partition coefficient (Wildman–Crippen LogP) is 2.84. The fourth-order valence-corrected chi connectivity index (χ4v) is 5.38. The van der Waals surface area contributed by atoms with Gasteiger partial charge in [0.05, 0.1) is 0 Å². The van der Waals surface area contributed by atoms with Crippen molar-refractivity contribution in [1.82, 2.24) is 10.3 Å². The van der Waals surface area contributed by atoms with E-state index >= 15 is 0 Å². The molecule has 0 saturated carbocycles. The van der Waals surface area contributed by atoms with Crippen molar-refractivity contribution >= 4 is 23.5 Å². The van der Waals surface area contributed by atoms with Crippen molar-refractivity contribution in [1.29, 1.82) is 0 Å². The number of nitrogens with one attached hydrogen (secondary N) is 1. The van der Waals surface area contributed by atoms with Gasteiger partial charge in [-0.2, -0.15) is 23.5 Å². The Morgan fingerprint density at radius 2 is 2.06 bits per heavy atom. The second-order valence-corrected chi connectivity index (χ2v) is 7.90. The normalized spacial score (nSPS) is 30.1. The molecule has 0 radical (unpaired) electrons. The van der Waals surface area contributed by atoms with E-state index in [0.717, 1.165) is 16.9 Å². The van der Waals surface area contributed by atoms with E-state index in [1.165, 1.54) is 11.3 Å². The van der Waals surface area contributed by atoms with Crippen molar-refractivity contribution in [2.75, 3.05) is 12.8 Å². The van der Waals surface area contributed by atoms with Crippen LogP contribution in [0, 0.1) is 0 Å². The van der Waals surface area contributed by atoms with Crippen molar-refractivity contribution in [3.05, 3.63) is 30.1 Å². The van der Waals surface area contributed by atoms with Gasteiger partial charge in [0.2, 0.25) is 0 Å². The molecule has 4 atom stereocenters. The molecule has 100 valence electrons. The first-order chi connectivity index (χ1) is 8.70. The van der Waals surface area contributed by atoms with Crippen LogP contribution in [-0.2, 0) is 6.42 Å². The highest BCUT2D eigenvalue weighted by molar-refractivity contribution is 8.07. The summed E-state index contributed by atoms with van der Waals surface area (Å²) in [6, 6.07) is 4.80. The van der Waals surface area contributed by atoms with Crippen LogP contribution in [0.4, 0.5) is 0 Å². The fourth-order valence-electron chi connectivity index (χ4n) is 2.21. The lowest BCUT2D eigenvalue weighted by molar-refractivity contribution is 0.554. The van der Waals surface area contributed by atoms with Gasteiger partial charge >= 0.3 is 0 Å². The third-order valence-corrected chi connectivity index (χ3v) is 7.15. The van der Waals surface area contributed by atoms with Gasteiger partial charge in [-0.05, 0) is 31.2 Å². The van der Waals surface area contributed by atoms with Crippen molar-refractivity contribution in [3.8, 4) is 0 Å². The maximum absolute atomic E-state index is 4.08. The number of hydrogen-bond acceptors (Lipinski definition) is 4. The summed E-state index contributed by atoms with van der Waals surface area (Å²) < 4.78 is 0. The van der Waals surface area contributed by atoms with Crippen molar-refractivity contribution < 1.29 is 0 Å². The van der Waals surface area contributed by atoms with Gasteiger partial charge in [0.1, 0.15) is 0 Å². The van der Waals surface area contributed by atoms with Crippen LogP contribution in [0.2, 0.25) is 0 Å². The van der Waals surface area contributed by atoms with E-state index in [-0.39, 0.29) is 0 Å². The van der Waals surface area contributed by atoms with Gasteiger partial charge in [0, 0.05) is 39.9 Å². The Bertz CT molecular complexity index is 358. The highest BCUT2D eigenvalue weighted by Crippen LogP contribution is 2.37. The SMILES string of the molecule is CNC(Cc1ccncc1)C1CSC(C)C(C)S1. The number of aromatic nitrogens is 1. The number of nitrogens with zero attached hydrogens (tertiary/aromatic N) is 1. The summed E-state index contributed by atoms with van der Waals surface area (Å²) in [5.74, 6) is 1.26. The summed E-state index contributed by atoms with van der Waals surface area (Å²) in [5.41, 5.74) is 1.38. The van der Waals surface area contributed by atoms with E-state index in [1.54, 1.807) is 0 Å². The van der Waals surface area contributed by atoms with Gasteiger partial charge in [-0.1, -0.05) is 13.8 Å². The van der Waals surface area contributed by atoms with E-state index in [1.807, 2.05) is 12.4 Å². The molecule has 4 heteroatoms. The number of pyridine rings is 1. The molecule has 0 aromatic carbocycles. The van der Waals surface area contributed by atoms with Crippen LogP contribution >= 0.6 is 23.5 Å². The maximum atomic E-state index is 4.08. The van der Waals surface area contributed by atoms with Gasteiger partial charge < -0.3 is 5.32 Å². The molecule has 1 aliphatic rings. The molecule has 1 aromatic rings. The third-order valence-electron chi connectivity index (χ3n) is 3.60. The van der Waals surface area contributed by atoms with Crippen LogP contribution in [-0.4, -0.2) is 39.6 Å². The van der Waals surface area contributed by atoms with Crippen molar-refractivity contribution in [2.24, 2.45) is 0 Å². The molecule has 1 saturated heterocycles. The second kappa shape index (κ2) is 6.83. The molecule has 0 aliphatic carbocycles. The molecule has 1 aliphatic heterocycles. The van der Waals surface area contributed by atoms with E-state index in [2.05, 4.69) is 66.9 Å². The Kier molecular flexibility index (Phi) is 5.39. The standard InChI is InChI=1S/C14H22N2S2/c1-10-11(2)18-14(9-17-10)13(15-3)8-12-4-6-16-7-5-12/h4-7,10-11,13-15H,8-9H2,1-3H3. The molecule has 0 amide bonds.